The van der Waals surface area contributed by atoms with Crippen LogP contribution in [0, 0.1) is 0 Å². The van der Waals surface area contributed by atoms with E-state index in [0.717, 1.165) is 5.56 Å². The van der Waals surface area contributed by atoms with Crippen LogP contribution in [0.25, 0.3) is 0 Å². The van der Waals surface area contributed by atoms with Gasteiger partial charge in [-0.05, 0) is 35.9 Å². The first-order chi connectivity index (χ1) is 13.0. The maximum Gasteiger partial charge on any atom is 0.259 e. The summed E-state index contributed by atoms with van der Waals surface area (Å²) in [5.41, 5.74) is 3.78. The van der Waals surface area contributed by atoms with Crippen molar-refractivity contribution >= 4 is 29.6 Å². The van der Waals surface area contributed by atoms with Gasteiger partial charge in [0.25, 0.3) is 5.91 Å². The highest BCUT2D eigenvalue weighted by molar-refractivity contribution is 6.30. The molecule has 0 saturated carbocycles. The third-order valence-corrected chi connectivity index (χ3v) is 3.79. The summed E-state index contributed by atoms with van der Waals surface area (Å²) < 4.78 is 10.2. The van der Waals surface area contributed by atoms with Crippen LogP contribution in [0.1, 0.15) is 11.1 Å². The lowest BCUT2D eigenvalue weighted by molar-refractivity contribution is -0.125. The van der Waals surface area contributed by atoms with Gasteiger partial charge in [-0.2, -0.15) is 5.10 Å². The Bertz CT molecular complexity index is 822. The number of carbonyl (C=O) groups is 2. The maximum atomic E-state index is 11.9. The number of hydrogen-bond donors (Lipinski definition) is 2. The highest BCUT2D eigenvalue weighted by Crippen LogP contribution is 2.20. The molecule has 7 nitrogen and oxygen atoms in total. The van der Waals surface area contributed by atoms with Gasteiger partial charge in [0.15, 0.2) is 0 Å². The summed E-state index contributed by atoms with van der Waals surface area (Å²) in [6.07, 6.45) is 1.59. The van der Waals surface area contributed by atoms with Gasteiger partial charge < -0.3 is 14.8 Å². The minimum absolute atomic E-state index is 0.167. The SMILES string of the molecule is COc1ccc(CC(=O)NCC(=O)N/N=C/c2cc(Cl)ccc2OC)cc1. The zero-order chi connectivity index (χ0) is 19.6. The average molecular weight is 390 g/mol. The Balaban J connectivity index is 1.78. The van der Waals surface area contributed by atoms with E-state index in [1.807, 2.05) is 0 Å². The highest BCUT2D eigenvalue weighted by Gasteiger charge is 2.07. The van der Waals surface area contributed by atoms with Crippen molar-refractivity contribution in [2.75, 3.05) is 20.8 Å². The number of nitrogens with zero attached hydrogens (tertiary/aromatic N) is 1. The van der Waals surface area contributed by atoms with Crippen molar-refractivity contribution in [3.63, 3.8) is 0 Å². The Kier molecular flexibility index (Phi) is 7.63. The first kappa shape index (κ1) is 20.3. The van der Waals surface area contributed by atoms with Crippen LogP contribution < -0.4 is 20.2 Å². The number of benzene rings is 2. The Morgan fingerprint density at radius 3 is 2.48 bits per heavy atom. The zero-order valence-electron chi connectivity index (χ0n) is 15.0. The normalized spacial score (nSPS) is 10.5. The highest BCUT2D eigenvalue weighted by atomic mass is 35.5. The number of rotatable bonds is 8. The van der Waals surface area contributed by atoms with Crippen LogP contribution >= 0.6 is 11.6 Å². The van der Waals surface area contributed by atoms with Crippen molar-refractivity contribution in [3.05, 3.63) is 58.6 Å². The van der Waals surface area contributed by atoms with Gasteiger partial charge in [0.2, 0.25) is 5.91 Å². The molecule has 0 saturated heterocycles. The predicted molar refractivity (Wildman–Crippen MR) is 103 cm³/mol. The lowest BCUT2D eigenvalue weighted by Gasteiger charge is -2.06. The van der Waals surface area contributed by atoms with Gasteiger partial charge in [-0.15, -0.1) is 0 Å². The second-order valence-corrected chi connectivity index (χ2v) is 5.92. The fourth-order valence-electron chi connectivity index (χ4n) is 2.19. The molecular formula is C19H20ClN3O4. The third kappa shape index (κ3) is 6.63. The van der Waals surface area contributed by atoms with Gasteiger partial charge in [0.05, 0.1) is 33.4 Å². The minimum Gasteiger partial charge on any atom is -0.497 e. The number of hydrogen-bond acceptors (Lipinski definition) is 5. The summed E-state index contributed by atoms with van der Waals surface area (Å²) in [5.74, 6) is 0.573. The quantitative estimate of drug-likeness (QED) is 0.535. The predicted octanol–water partition coefficient (Wildman–Crippen LogP) is 2.17. The topological polar surface area (TPSA) is 89.0 Å². The summed E-state index contributed by atoms with van der Waals surface area (Å²) >= 11 is 5.92. The van der Waals surface area contributed by atoms with Crippen LogP contribution in [0.2, 0.25) is 5.02 Å². The van der Waals surface area contributed by atoms with Gasteiger partial charge >= 0.3 is 0 Å². The first-order valence-corrected chi connectivity index (χ1v) is 8.44. The molecule has 0 fully saturated rings. The molecule has 27 heavy (non-hydrogen) atoms. The van der Waals surface area contributed by atoms with Crippen molar-refractivity contribution in [3.8, 4) is 11.5 Å². The third-order valence-electron chi connectivity index (χ3n) is 3.55. The van der Waals surface area contributed by atoms with Crippen LogP contribution in [-0.2, 0) is 16.0 Å². The Morgan fingerprint density at radius 1 is 1.07 bits per heavy atom. The summed E-state index contributed by atoms with van der Waals surface area (Å²) in [5, 5.41) is 6.90. The maximum absolute atomic E-state index is 11.9. The van der Waals surface area contributed by atoms with E-state index in [1.165, 1.54) is 13.3 Å². The molecule has 8 heteroatoms. The monoisotopic (exact) mass is 389 g/mol. The molecule has 0 bridgehead atoms. The molecule has 0 aliphatic carbocycles. The summed E-state index contributed by atoms with van der Waals surface area (Å²) in [6.45, 7) is -0.182. The van der Waals surface area contributed by atoms with Crippen LogP contribution in [0.15, 0.2) is 47.6 Å². The van der Waals surface area contributed by atoms with E-state index in [0.29, 0.717) is 22.1 Å². The van der Waals surface area contributed by atoms with E-state index < -0.39 is 5.91 Å². The fraction of sp³-hybridized carbons (Fsp3) is 0.211. The average Bonchev–Trinajstić information content (AvgIpc) is 2.67. The molecule has 0 radical (unpaired) electrons. The number of hydrazone groups is 1. The van der Waals surface area contributed by atoms with Gasteiger partial charge in [-0.3, -0.25) is 9.59 Å². The summed E-state index contributed by atoms with van der Waals surface area (Å²) in [7, 11) is 3.10. The number of ether oxygens (including phenoxy) is 2. The second-order valence-electron chi connectivity index (χ2n) is 5.48. The number of carbonyl (C=O) groups excluding carboxylic acids is 2. The lowest BCUT2D eigenvalue weighted by Crippen LogP contribution is -2.35. The summed E-state index contributed by atoms with van der Waals surface area (Å²) in [4.78, 5) is 23.7. The molecule has 2 aromatic carbocycles. The van der Waals surface area contributed by atoms with Crippen molar-refractivity contribution in [1.29, 1.82) is 0 Å². The molecule has 0 unspecified atom stereocenters. The second kappa shape index (κ2) is 10.2. The lowest BCUT2D eigenvalue weighted by atomic mass is 10.1. The summed E-state index contributed by atoms with van der Waals surface area (Å²) in [6, 6.07) is 12.2. The van der Waals surface area contributed by atoms with Crippen molar-refractivity contribution in [2.45, 2.75) is 6.42 Å². The van der Waals surface area contributed by atoms with Gasteiger partial charge in [-0.25, -0.2) is 5.43 Å². The van der Waals surface area contributed by atoms with Gasteiger partial charge in [0, 0.05) is 10.6 Å². The zero-order valence-corrected chi connectivity index (χ0v) is 15.7. The molecule has 0 aliphatic heterocycles. The van der Waals surface area contributed by atoms with Crippen LogP contribution in [-0.4, -0.2) is 38.8 Å². The smallest absolute Gasteiger partial charge is 0.259 e. The van der Waals surface area contributed by atoms with Crippen molar-refractivity contribution < 1.29 is 19.1 Å². The Morgan fingerprint density at radius 2 is 1.81 bits per heavy atom. The molecule has 0 heterocycles. The first-order valence-electron chi connectivity index (χ1n) is 8.07. The van der Waals surface area contributed by atoms with Gasteiger partial charge in [-0.1, -0.05) is 23.7 Å². The van der Waals surface area contributed by atoms with Crippen molar-refractivity contribution in [2.24, 2.45) is 5.10 Å². The van der Waals surface area contributed by atoms with E-state index in [9.17, 15) is 9.59 Å². The number of amides is 2. The molecule has 2 rings (SSSR count). The minimum atomic E-state index is -0.449. The largest absolute Gasteiger partial charge is 0.497 e. The molecule has 0 spiro atoms. The van der Waals surface area contributed by atoms with E-state index in [4.69, 9.17) is 21.1 Å². The molecule has 0 atom stereocenters. The van der Waals surface area contributed by atoms with E-state index in [2.05, 4.69) is 15.8 Å². The van der Waals surface area contributed by atoms with E-state index >= 15 is 0 Å². The van der Waals surface area contributed by atoms with E-state index in [1.54, 1.807) is 49.6 Å². The fourth-order valence-corrected chi connectivity index (χ4v) is 2.37. The van der Waals surface area contributed by atoms with Crippen LogP contribution in [0.5, 0.6) is 11.5 Å². The van der Waals surface area contributed by atoms with Crippen LogP contribution in [0.4, 0.5) is 0 Å². The number of halogens is 1. The molecule has 142 valence electrons. The Hall–Kier alpha value is -3.06. The number of methoxy groups -OCH3 is 2. The number of nitrogens with one attached hydrogen (secondary N) is 2. The molecule has 2 aromatic rings. The van der Waals surface area contributed by atoms with Gasteiger partial charge in [0.1, 0.15) is 11.5 Å². The molecule has 2 amide bonds. The molecule has 2 N–H and O–H groups in total. The van der Waals surface area contributed by atoms with E-state index in [-0.39, 0.29) is 18.9 Å². The molecular weight excluding hydrogens is 370 g/mol. The molecule has 0 aliphatic rings. The molecule has 0 aromatic heterocycles. The standard InChI is InChI=1S/C19H20ClN3O4/c1-26-16-6-3-13(4-7-16)9-18(24)21-12-19(25)23-22-11-14-10-15(20)5-8-17(14)27-2/h3-8,10-11H,9,12H2,1-2H3,(H,21,24)(H,23,25)/b22-11+. The van der Waals surface area contributed by atoms with Crippen molar-refractivity contribution in [1.82, 2.24) is 10.7 Å². The van der Waals surface area contributed by atoms with Crippen LogP contribution in [0.3, 0.4) is 0 Å². The Labute approximate surface area is 162 Å².